The van der Waals surface area contributed by atoms with E-state index >= 15 is 0 Å². The van der Waals surface area contributed by atoms with Gasteiger partial charge in [-0.2, -0.15) is 30.6 Å². The molecule has 0 radical (unpaired) electrons. The average Bonchev–Trinajstić information content (AvgIpc) is 1.58. The van der Waals surface area contributed by atoms with Crippen molar-refractivity contribution >= 4 is 109 Å². The first-order valence-electron chi connectivity index (χ1n) is 45.9. The number of halogens is 3. The van der Waals surface area contributed by atoms with Gasteiger partial charge in [0.25, 0.3) is 23.4 Å². The van der Waals surface area contributed by atoms with Crippen LogP contribution in [0.25, 0.3) is 44.2 Å². The number of alkyl halides is 2. The molecule has 0 aromatic carbocycles. The molecule has 138 heavy (non-hydrogen) atoms. The van der Waals surface area contributed by atoms with Crippen LogP contribution in [-0.4, -0.2) is 167 Å². The fourth-order valence-electron chi connectivity index (χ4n) is 17.5. The number of hydrogen-bond acceptors (Lipinski definition) is 20. The Morgan fingerprint density at radius 3 is 0.964 bits per heavy atom. The fraction of sp³-hybridized carbons (Fsp3) is 0.490. The minimum absolute atomic E-state index is 0. The topological polar surface area (TPSA) is 423 Å². The maximum atomic E-state index is 12.5. The number of ether oxygens (including phenoxy) is 6. The van der Waals surface area contributed by atoms with Gasteiger partial charge in [0.15, 0.2) is 6.61 Å². The SMILES string of the molecule is C.C.C.C.C.CCCCc1c(C(=O)C(N)=O)c2c(OCC)cc(C)nn2c1CC.CCOc1cc(C)nn2c(CC)c(CCCCl)c(C(=O)C(N)=O)c12.CCOc1cc(C)nn2c(CC)c(CCCCl)cc12.CCOc1cc(C)nn2c(CC)c(CCCO)cc12.CCOc1cc(C)nn2c(CC)c3c(c12)C(C(N)=O)=CCC3.CCc1c2c(c3c(OCC(=O)O)cc(C)nn13)C(C(N)=O)=CCC2.[I-]. The number of hydrogen-bond donors (Lipinski definition) is 6. The number of carbonyl (C=O) groups excluding carboxylic acids is 6. The number of carboxylic acids is 1. The second kappa shape index (κ2) is 56.4. The molecule has 12 aromatic rings. The first-order chi connectivity index (χ1) is 63.3. The monoisotopic (exact) mass is 2060 g/mol. The molecule has 0 atom stereocenters. The van der Waals surface area contributed by atoms with Gasteiger partial charge in [-0.3, -0.25) is 28.8 Å². The number of aliphatic carboxylic acids is 1. The number of carboxylic acid groups (broad SMARTS) is 1. The van der Waals surface area contributed by atoms with E-state index in [4.69, 9.17) is 84.8 Å². The third-order valence-electron chi connectivity index (χ3n) is 22.6. The summed E-state index contributed by atoms with van der Waals surface area (Å²) >= 11 is 11.6. The third-order valence-corrected chi connectivity index (χ3v) is 23.1. The smallest absolute Gasteiger partial charge is 0.341 e. The Morgan fingerprint density at radius 2 is 0.667 bits per heavy atom. The number of unbranched alkanes of at least 4 members (excludes halogenated alkanes) is 1. The van der Waals surface area contributed by atoms with Crippen LogP contribution < -0.4 is 75.3 Å². The van der Waals surface area contributed by atoms with Crippen LogP contribution in [0.1, 0.15) is 299 Å². The molecule has 0 saturated heterocycles. The van der Waals surface area contributed by atoms with Gasteiger partial charge in [-0.15, -0.1) is 23.2 Å². The molecule has 31 nitrogen and oxygen atoms in total. The number of nitrogens with two attached hydrogens (primary N) is 4. The van der Waals surface area contributed by atoms with Crippen LogP contribution in [0.4, 0.5) is 0 Å². The van der Waals surface area contributed by atoms with E-state index in [2.05, 4.69) is 70.4 Å². The minimum atomic E-state index is -1.07. The van der Waals surface area contributed by atoms with Crippen LogP contribution in [-0.2, 0) is 101 Å². The first kappa shape index (κ1) is 121. The van der Waals surface area contributed by atoms with E-state index in [1.54, 1.807) is 31.7 Å². The van der Waals surface area contributed by atoms with E-state index in [0.29, 0.717) is 139 Å². The molecular formula is C104H150Cl2IN16O15-. The predicted molar refractivity (Wildman–Crippen MR) is 549 cm³/mol. The van der Waals surface area contributed by atoms with Crippen molar-refractivity contribution in [3.63, 3.8) is 0 Å². The summed E-state index contributed by atoms with van der Waals surface area (Å²) in [6, 6.07) is 15.5. The number of aliphatic hydroxyl groups is 1. The minimum Gasteiger partial charge on any atom is -1.00 e. The number of aryl methyl sites for hydroxylation is 14. The van der Waals surface area contributed by atoms with Gasteiger partial charge in [-0.1, -0.05) is 104 Å². The van der Waals surface area contributed by atoms with Gasteiger partial charge in [0.2, 0.25) is 11.8 Å². The highest BCUT2D eigenvalue weighted by atomic mass is 127. The van der Waals surface area contributed by atoms with Crippen LogP contribution in [0.3, 0.4) is 0 Å². The Labute approximate surface area is 840 Å². The Kier molecular flexibility index (Phi) is 49.3. The van der Waals surface area contributed by atoms with Gasteiger partial charge < -0.3 is 85.5 Å². The summed E-state index contributed by atoms with van der Waals surface area (Å²) in [5, 5.41) is 45.4. The van der Waals surface area contributed by atoms with Crippen molar-refractivity contribution in [2.45, 2.75) is 284 Å². The highest BCUT2D eigenvalue weighted by Gasteiger charge is 2.34. The van der Waals surface area contributed by atoms with Crippen LogP contribution in [0.2, 0.25) is 0 Å². The number of allylic oxidation sites excluding steroid dienone is 2. The molecule has 0 fully saturated rings. The van der Waals surface area contributed by atoms with Crippen LogP contribution >= 0.6 is 23.2 Å². The van der Waals surface area contributed by atoms with Crippen LogP contribution in [0, 0.1) is 41.5 Å². The van der Waals surface area contributed by atoms with Gasteiger partial charge in [0.05, 0.1) is 78.3 Å². The summed E-state index contributed by atoms with van der Waals surface area (Å²) in [6.45, 7) is 38.2. The summed E-state index contributed by atoms with van der Waals surface area (Å²) in [5.74, 6) is -0.0752. The standard InChI is InChI=1S/C18H25N3O3.C17H22ClN3O3.C17H19N3O4.C17H21N3O2.C15H21ClN2O.C15H22N2O2.5CH4.HI/c1-5-8-9-12-13(6-2)21-16(15(12)17(22)18(19)23)14(24-7-3)10-11(4)20-21;1-4-12-11(7-6-8-18)14(16(22)17(19)23)15-13(24-5-2)9-10(3)20-21(12)15;1-3-12-10-5-4-6-11(17(18)23)15(10)16-13(24-8-14(21)22)7-9(2)19-20(12)16;1-4-13-11-7-6-8-12(17(18)21)15(11)16-14(22-5-2)9-10(3)19-20(13)16;1-4-13-12(7-6-8-16)10-14-15(19-5-2)9-11(3)17-18(13)14;1-4-13-12(7-6-8-18)10-14-15(19-5-2)9-11(3)16-17(13)14;;;;;;/h10H,5-9H2,1-4H3,(H2,19,23);9H,4-8H2,1-3H3,(H2,19,23);6-7H,3-5,8H2,1-2H3,(H2,18,23)(H,21,22);8-9H,4-7H2,1-3H3,(H2,18,21);9-10H,4-8H2,1-3H3;9-10,18H,4-8H2,1-3H3;5*1H4;1H/p-1. The van der Waals surface area contributed by atoms with E-state index in [1.165, 1.54) is 28.1 Å². The molecule has 758 valence electrons. The fourth-order valence-corrected chi connectivity index (χ4v) is 17.8. The number of Topliss-reactive ketones (excluding diaryl/α,β-unsaturated/α-hetero) is 2. The molecule has 12 aromatic heterocycles. The molecule has 0 saturated carbocycles. The van der Waals surface area contributed by atoms with Gasteiger partial charge >= 0.3 is 5.97 Å². The second-order valence-electron chi connectivity index (χ2n) is 31.9. The molecular weight excluding hydrogens is 1910 g/mol. The summed E-state index contributed by atoms with van der Waals surface area (Å²) in [5.41, 5.74) is 47.6. The highest BCUT2D eigenvalue weighted by Crippen LogP contribution is 2.43. The third kappa shape index (κ3) is 27.1. The number of aromatic nitrogens is 12. The summed E-state index contributed by atoms with van der Waals surface area (Å²) < 4.78 is 45.3. The molecule has 0 bridgehead atoms. The van der Waals surface area contributed by atoms with Crippen molar-refractivity contribution < 1.29 is 96.2 Å². The lowest BCUT2D eigenvalue weighted by Gasteiger charge is -2.13. The van der Waals surface area contributed by atoms with Crippen molar-refractivity contribution in [3.8, 4) is 34.5 Å². The van der Waals surface area contributed by atoms with Crippen LogP contribution in [0.15, 0.2) is 60.7 Å². The molecule has 10 N–H and O–H groups in total. The summed E-state index contributed by atoms with van der Waals surface area (Å²) in [7, 11) is 0. The first-order valence-corrected chi connectivity index (χ1v) is 47.0. The Balaban J connectivity index is 0.000000423. The quantitative estimate of drug-likeness (QED) is 0.00911. The molecule has 4 amide bonds. The molecule has 14 rings (SSSR count). The van der Waals surface area contributed by atoms with Crippen molar-refractivity contribution in [2.75, 3.05) is 58.0 Å². The zero-order valence-corrected chi connectivity index (χ0v) is 83.8. The van der Waals surface area contributed by atoms with E-state index in [1.807, 2.05) is 141 Å². The molecule has 12 heterocycles. The number of nitrogens with zero attached hydrogens (tertiary/aromatic N) is 12. The lowest BCUT2D eigenvalue weighted by Crippen LogP contribution is -3.00. The van der Waals surface area contributed by atoms with Crippen molar-refractivity contribution in [2.24, 2.45) is 22.9 Å². The second-order valence-corrected chi connectivity index (χ2v) is 32.6. The number of ketones is 2. The molecule has 0 unspecified atom stereocenters. The van der Waals surface area contributed by atoms with Crippen molar-refractivity contribution in [1.29, 1.82) is 0 Å². The van der Waals surface area contributed by atoms with Gasteiger partial charge in [0.1, 0.15) is 67.6 Å². The van der Waals surface area contributed by atoms with Gasteiger partial charge in [-0.05, 0) is 237 Å². The van der Waals surface area contributed by atoms with Gasteiger partial charge in [0, 0.05) is 111 Å². The lowest BCUT2D eigenvalue weighted by atomic mass is 9.90. The van der Waals surface area contributed by atoms with E-state index in [9.17, 15) is 33.6 Å². The molecule has 34 heteroatoms. The number of rotatable bonds is 37. The van der Waals surface area contributed by atoms with E-state index < -0.39 is 41.9 Å². The maximum absolute atomic E-state index is 12.5. The predicted octanol–water partition coefficient (Wildman–Crippen LogP) is 15.4. The number of amides is 4. The van der Waals surface area contributed by atoms with E-state index in [-0.39, 0.29) is 73.6 Å². The molecule has 2 aliphatic carbocycles. The highest BCUT2D eigenvalue weighted by molar-refractivity contribution is 6.45. The Hall–Kier alpha value is -11.6. The molecule has 0 aliphatic heterocycles. The normalized spacial score (nSPS) is 11.5. The van der Waals surface area contributed by atoms with E-state index in [0.717, 1.165) is 203 Å². The zero-order chi connectivity index (χ0) is 96.6. The Bertz CT molecular complexity index is 6060. The molecule has 2 aliphatic rings. The van der Waals surface area contributed by atoms with Crippen molar-refractivity contribution in [3.05, 3.63) is 185 Å². The summed E-state index contributed by atoms with van der Waals surface area (Å²) in [4.78, 5) is 82.9. The number of aliphatic hydroxyl groups excluding tert-OH is 1. The van der Waals surface area contributed by atoms with Crippen LogP contribution in [0.5, 0.6) is 34.5 Å². The number of carbonyl (C=O) groups is 7. The lowest BCUT2D eigenvalue weighted by molar-refractivity contribution is -0.139. The largest absolute Gasteiger partial charge is 1.00 e. The van der Waals surface area contributed by atoms with Crippen molar-refractivity contribution in [1.82, 2.24) is 57.7 Å². The average molecular weight is 2060 g/mol. The zero-order valence-electron chi connectivity index (χ0n) is 80.1. The number of primary amides is 4. The number of fused-ring (bicyclic) bond motifs is 10. The molecule has 0 spiro atoms. The summed E-state index contributed by atoms with van der Waals surface area (Å²) in [6.07, 6.45) is 19.4. The van der Waals surface area contributed by atoms with Gasteiger partial charge in [-0.25, -0.2) is 31.9 Å². The Morgan fingerprint density at radius 1 is 0.377 bits per heavy atom. The maximum Gasteiger partial charge on any atom is 0.341 e.